The maximum atomic E-state index is 12.3. The van der Waals surface area contributed by atoms with E-state index in [1.165, 1.54) is 10.8 Å². The van der Waals surface area contributed by atoms with Crippen molar-refractivity contribution in [1.29, 1.82) is 0 Å². The molecule has 3 rings (SSSR count). The molecule has 0 fully saturated rings. The second-order valence-electron chi connectivity index (χ2n) is 5.95. The average molecular weight is 416 g/mol. The molecule has 1 aromatic heterocycles. The van der Waals surface area contributed by atoms with Gasteiger partial charge in [0, 0.05) is 11.2 Å². The van der Waals surface area contributed by atoms with Gasteiger partial charge in [-0.05, 0) is 68.0 Å². The van der Waals surface area contributed by atoms with Crippen LogP contribution in [0.3, 0.4) is 0 Å². The second-order valence-corrected chi connectivity index (χ2v) is 6.77. The zero-order chi connectivity index (χ0) is 20.3. The quantitative estimate of drug-likeness (QED) is 0.467. The molecule has 144 valence electrons. The van der Waals surface area contributed by atoms with E-state index >= 15 is 0 Å². The molecule has 0 saturated carbocycles. The Labute approximate surface area is 171 Å². The molecular weight excluding hydrogens is 398 g/mol. The smallest absolute Gasteiger partial charge is 0.264 e. The minimum Gasteiger partial charge on any atom is -0.494 e. The molecule has 0 amide bonds. The maximum absolute atomic E-state index is 12.3. The van der Waals surface area contributed by atoms with Gasteiger partial charge in [-0.2, -0.15) is 0 Å². The van der Waals surface area contributed by atoms with Gasteiger partial charge in [-0.3, -0.25) is 19.3 Å². The molecule has 0 aliphatic heterocycles. The number of aromatic nitrogens is 2. The fourth-order valence-electron chi connectivity index (χ4n) is 2.61. The number of aromatic amines is 1. The van der Waals surface area contributed by atoms with Crippen LogP contribution in [0.4, 0.5) is 5.69 Å². The summed E-state index contributed by atoms with van der Waals surface area (Å²) >= 11 is 11.2. The molecule has 0 bridgehead atoms. The number of nitrogens with one attached hydrogen (secondary N) is 1. The van der Waals surface area contributed by atoms with Crippen LogP contribution >= 0.6 is 23.8 Å². The van der Waals surface area contributed by atoms with Crippen LogP contribution in [0.2, 0.25) is 5.02 Å². The van der Waals surface area contributed by atoms with Gasteiger partial charge in [-0.25, -0.2) is 0 Å². The van der Waals surface area contributed by atoms with Crippen LogP contribution in [0.1, 0.15) is 18.1 Å². The van der Waals surface area contributed by atoms with E-state index in [-0.39, 0.29) is 16.2 Å². The molecule has 0 aliphatic carbocycles. The lowest BCUT2D eigenvalue weighted by atomic mass is 10.2. The number of aryl methyl sites for hydroxylation is 1. The summed E-state index contributed by atoms with van der Waals surface area (Å²) < 4.78 is 6.85. The van der Waals surface area contributed by atoms with Crippen molar-refractivity contribution in [1.82, 2.24) is 9.55 Å². The number of benzene rings is 2. The number of nitrogens with zero attached hydrogens (tertiary/aromatic N) is 2. The van der Waals surface area contributed by atoms with Crippen LogP contribution in [0.25, 0.3) is 5.69 Å². The highest BCUT2D eigenvalue weighted by molar-refractivity contribution is 7.71. The number of H-pyrrole nitrogens is 1. The van der Waals surface area contributed by atoms with E-state index in [2.05, 4.69) is 9.98 Å². The first-order valence-corrected chi connectivity index (χ1v) is 9.31. The molecular formula is C20H18ClN3O3S. The van der Waals surface area contributed by atoms with Crippen LogP contribution < -0.4 is 10.3 Å². The fourth-order valence-corrected chi connectivity index (χ4v) is 3.06. The summed E-state index contributed by atoms with van der Waals surface area (Å²) in [5.74, 6) is 0.390. The minimum absolute atomic E-state index is 0.0122. The van der Waals surface area contributed by atoms with Gasteiger partial charge in [0.25, 0.3) is 5.56 Å². The lowest BCUT2D eigenvalue weighted by Crippen LogP contribution is -2.18. The summed E-state index contributed by atoms with van der Waals surface area (Å²) in [4.78, 5) is 19.2. The summed E-state index contributed by atoms with van der Waals surface area (Å²) in [6.45, 7) is 4.32. The van der Waals surface area contributed by atoms with Gasteiger partial charge in [-0.1, -0.05) is 17.7 Å². The molecule has 2 N–H and O–H groups in total. The zero-order valence-corrected chi connectivity index (χ0v) is 16.8. The molecule has 1 heterocycles. The summed E-state index contributed by atoms with van der Waals surface area (Å²) in [6, 6.07) is 12.3. The summed E-state index contributed by atoms with van der Waals surface area (Å²) in [5, 5.41) is 11.2. The van der Waals surface area contributed by atoms with E-state index in [1.807, 2.05) is 19.9 Å². The monoisotopic (exact) mass is 415 g/mol. The van der Waals surface area contributed by atoms with Crippen LogP contribution in [0.5, 0.6) is 11.6 Å². The fraction of sp³-hybridized carbons (Fsp3) is 0.150. The Kier molecular flexibility index (Phi) is 5.96. The highest BCUT2D eigenvalue weighted by Gasteiger charge is 2.13. The largest absolute Gasteiger partial charge is 0.494 e. The standard InChI is InChI=1S/C20H18ClN3O3S/c1-3-27-15-8-6-14(7-9-15)24-19(26)16(18(25)23-20(24)28)11-22-17-10-13(21)5-4-12(17)2/h4-11,26H,3H2,1-2H3,(H,23,25,28). The van der Waals surface area contributed by atoms with Gasteiger partial charge >= 0.3 is 0 Å². The molecule has 8 heteroatoms. The molecule has 0 atom stereocenters. The number of aromatic hydroxyl groups is 1. The Bertz CT molecular complexity index is 1150. The van der Waals surface area contributed by atoms with Crippen molar-refractivity contribution in [3.63, 3.8) is 0 Å². The second kappa shape index (κ2) is 8.41. The topological polar surface area (TPSA) is 79.6 Å². The van der Waals surface area contributed by atoms with Crippen molar-refractivity contribution in [3.05, 3.63) is 73.7 Å². The highest BCUT2D eigenvalue weighted by Crippen LogP contribution is 2.24. The SMILES string of the molecule is CCOc1ccc(-n2c(O)c(C=Nc3cc(Cl)ccc3C)c(=O)[nH]c2=S)cc1. The molecule has 0 saturated heterocycles. The van der Waals surface area contributed by atoms with Crippen LogP contribution in [0, 0.1) is 11.7 Å². The predicted octanol–water partition coefficient (Wildman–Crippen LogP) is 4.71. The van der Waals surface area contributed by atoms with Gasteiger partial charge in [0.2, 0.25) is 5.88 Å². The minimum atomic E-state index is -0.534. The van der Waals surface area contributed by atoms with Crippen LogP contribution in [0.15, 0.2) is 52.3 Å². The van der Waals surface area contributed by atoms with E-state index in [0.717, 1.165) is 5.56 Å². The van der Waals surface area contributed by atoms with Crippen LogP contribution in [-0.4, -0.2) is 27.5 Å². The van der Waals surface area contributed by atoms with Gasteiger partial charge < -0.3 is 9.84 Å². The first-order chi connectivity index (χ1) is 13.4. The third-order valence-corrected chi connectivity index (χ3v) is 4.55. The molecule has 0 spiro atoms. The van der Waals surface area contributed by atoms with Gasteiger partial charge in [-0.15, -0.1) is 0 Å². The number of rotatable bonds is 5. The lowest BCUT2D eigenvalue weighted by Gasteiger charge is -2.12. The molecule has 28 heavy (non-hydrogen) atoms. The number of aliphatic imine (C=N–C) groups is 1. The van der Waals surface area contributed by atoms with E-state index in [1.54, 1.807) is 36.4 Å². The van der Waals surface area contributed by atoms with Crippen molar-refractivity contribution in [2.75, 3.05) is 6.61 Å². The van der Waals surface area contributed by atoms with Crippen molar-refractivity contribution in [2.45, 2.75) is 13.8 Å². The van der Waals surface area contributed by atoms with Crippen molar-refractivity contribution in [2.24, 2.45) is 4.99 Å². The Balaban J connectivity index is 2.07. The molecule has 0 unspecified atom stereocenters. The first kappa shape index (κ1) is 19.9. The van der Waals surface area contributed by atoms with Gasteiger partial charge in [0.15, 0.2) is 4.77 Å². The lowest BCUT2D eigenvalue weighted by molar-refractivity contribution is 0.340. The Morgan fingerprint density at radius 3 is 2.68 bits per heavy atom. The Morgan fingerprint density at radius 1 is 1.29 bits per heavy atom. The van der Waals surface area contributed by atoms with Crippen molar-refractivity contribution < 1.29 is 9.84 Å². The van der Waals surface area contributed by atoms with E-state index in [4.69, 9.17) is 28.6 Å². The Morgan fingerprint density at radius 2 is 2.00 bits per heavy atom. The maximum Gasteiger partial charge on any atom is 0.264 e. The third-order valence-electron chi connectivity index (χ3n) is 4.03. The predicted molar refractivity (Wildman–Crippen MR) is 114 cm³/mol. The summed E-state index contributed by atoms with van der Waals surface area (Å²) in [6.07, 6.45) is 1.30. The molecule has 0 aliphatic rings. The van der Waals surface area contributed by atoms with Crippen molar-refractivity contribution >= 4 is 35.7 Å². The summed E-state index contributed by atoms with van der Waals surface area (Å²) in [7, 11) is 0. The number of ether oxygens (including phenoxy) is 1. The molecule has 0 radical (unpaired) electrons. The first-order valence-electron chi connectivity index (χ1n) is 8.52. The summed E-state index contributed by atoms with van der Waals surface area (Å²) in [5.41, 5.74) is 1.52. The molecule has 3 aromatic rings. The van der Waals surface area contributed by atoms with E-state index in [9.17, 15) is 9.90 Å². The number of halogens is 1. The molecule has 2 aromatic carbocycles. The third kappa shape index (κ3) is 4.16. The van der Waals surface area contributed by atoms with Crippen molar-refractivity contribution in [3.8, 4) is 17.3 Å². The Hall–Kier alpha value is -2.90. The average Bonchev–Trinajstić information content (AvgIpc) is 2.65. The van der Waals surface area contributed by atoms with Crippen LogP contribution in [-0.2, 0) is 0 Å². The van der Waals surface area contributed by atoms with Gasteiger partial charge in [0.05, 0.1) is 18.0 Å². The molecule has 6 nitrogen and oxygen atoms in total. The number of hydrogen-bond donors (Lipinski definition) is 2. The van der Waals surface area contributed by atoms with Gasteiger partial charge in [0.1, 0.15) is 11.3 Å². The highest BCUT2D eigenvalue weighted by atomic mass is 35.5. The zero-order valence-electron chi connectivity index (χ0n) is 15.3. The van der Waals surface area contributed by atoms with E-state index in [0.29, 0.717) is 28.8 Å². The number of hydrogen-bond acceptors (Lipinski definition) is 5. The normalized spacial score (nSPS) is 11.1. The van der Waals surface area contributed by atoms with E-state index < -0.39 is 5.56 Å².